The maximum atomic E-state index is 13.5. The molecule has 3 fully saturated rings. The van der Waals surface area contributed by atoms with Gasteiger partial charge >= 0.3 is 0 Å². The molecule has 5 heteroatoms. The molecule has 3 heterocycles. The van der Waals surface area contributed by atoms with E-state index in [1.807, 2.05) is 30.3 Å². The molecule has 6 rings (SSSR count). The number of hydrogen-bond donors (Lipinski definition) is 1. The number of para-hydroxylation sites is 1. The van der Waals surface area contributed by atoms with Crippen molar-refractivity contribution in [1.29, 1.82) is 0 Å². The first-order valence-corrected chi connectivity index (χ1v) is 13.2. The van der Waals surface area contributed by atoms with E-state index in [-0.39, 0.29) is 17.8 Å². The molecular weight excluding hydrogens is 437 g/mol. The third-order valence-electron chi connectivity index (χ3n) is 8.30. The number of halogens is 1. The summed E-state index contributed by atoms with van der Waals surface area (Å²) in [5.74, 6) is -0.114. The first kappa shape index (κ1) is 22.5. The predicted molar refractivity (Wildman–Crippen MR) is 139 cm³/mol. The van der Waals surface area contributed by atoms with Crippen LogP contribution in [0.3, 0.4) is 0 Å². The topological polar surface area (TPSA) is 35.6 Å². The number of amides is 1. The number of nitrogens with one attached hydrogen (secondary N) is 1. The highest BCUT2D eigenvalue weighted by Gasteiger charge is 2.41. The second kappa shape index (κ2) is 9.62. The fraction of sp³-hybridized carbons (Fsp3) is 0.433. The van der Waals surface area contributed by atoms with Crippen molar-refractivity contribution in [3.05, 3.63) is 77.6 Å². The normalized spacial score (nSPS) is 24.6. The summed E-state index contributed by atoms with van der Waals surface area (Å²) in [5.41, 5.74) is 3.18. The molecule has 4 nitrogen and oxygen atoms in total. The summed E-state index contributed by atoms with van der Waals surface area (Å²) in [7, 11) is 0. The maximum absolute atomic E-state index is 13.5. The molecule has 3 aromatic carbocycles. The van der Waals surface area contributed by atoms with Crippen LogP contribution in [-0.4, -0.2) is 42.0 Å². The van der Waals surface area contributed by atoms with Gasteiger partial charge in [0, 0.05) is 43.4 Å². The van der Waals surface area contributed by atoms with E-state index in [1.165, 1.54) is 43.7 Å². The Morgan fingerprint density at radius 2 is 1.60 bits per heavy atom. The van der Waals surface area contributed by atoms with Crippen LogP contribution in [0.1, 0.15) is 60.9 Å². The van der Waals surface area contributed by atoms with E-state index >= 15 is 0 Å². The van der Waals surface area contributed by atoms with Crippen molar-refractivity contribution < 1.29 is 9.18 Å². The standard InChI is InChI=1S/C30H34FN3O/c31-24-11-10-22-16-21(8-9-23(22)17-24)20-34-26-12-13-27(34)19-25(18-26)32-30(35)28-6-2-3-7-29(28)33-14-4-1-5-15-33/h2-3,6-11,16-17,25-27H,1,4-5,12-15,18-20H2,(H,32,35)/t25?,26-,27+. The Kier molecular flexibility index (Phi) is 6.19. The summed E-state index contributed by atoms with van der Waals surface area (Å²) < 4.78 is 13.5. The zero-order chi connectivity index (χ0) is 23.8. The smallest absolute Gasteiger partial charge is 0.253 e. The van der Waals surface area contributed by atoms with Crippen LogP contribution in [-0.2, 0) is 6.54 Å². The molecule has 0 aliphatic carbocycles. The van der Waals surface area contributed by atoms with Gasteiger partial charge < -0.3 is 10.2 Å². The van der Waals surface area contributed by atoms with E-state index in [2.05, 4.69) is 33.3 Å². The van der Waals surface area contributed by atoms with Gasteiger partial charge in [0.15, 0.2) is 0 Å². The van der Waals surface area contributed by atoms with Crippen LogP contribution in [0, 0.1) is 5.82 Å². The molecule has 0 saturated carbocycles. The van der Waals surface area contributed by atoms with Crippen molar-refractivity contribution in [3.8, 4) is 0 Å². The monoisotopic (exact) mass is 471 g/mol. The second-order valence-electron chi connectivity index (χ2n) is 10.6. The maximum Gasteiger partial charge on any atom is 0.253 e. The third kappa shape index (κ3) is 4.66. The van der Waals surface area contributed by atoms with Gasteiger partial charge in [-0.15, -0.1) is 0 Å². The number of piperidine rings is 2. The number of hydrogen-bond acceptors (Lipinski definition) is 3. The number of carbonyl (C=O) groups is 1. The molecule has 35 heavy (non-hydrogen) atoms. The fourth-order valence-corrected chi connectivity index (χ4v) is 6.56. The lowest BCUT2D eigenvalue weighted by Crippen LogP contribution is -2.50. The van der Waals surface area contributed by atoms with Gasteiger partial charge in [0.25, 0.3) is 5.91 Å². The predicted octanol–water partition coefficient (Wildman–Crippen LogP) is 5.89. The summed E-state index contributed by atoms with van der Waals surface area (Å²) in [5, 5.41) is 5.44. The summed E-state index contributed by atoms with van der Waals surface area (Å²) >= 11 is 0. The van der Waals surface area contributed by atoms with Crippen LogP contribution < -0.4 is 10.2 Å². The van der Waals surface area contributed by atoms with Crippen molar-refractivity contribution in [1.82, 2.24) is 10.2 Å². The molecule has 1 amide bonds. The van der Waals surface area contributed by atoms with Gasteiger partial charge in [0.2, 0.25) is 0 Å². The highest BCUT2D eigenvalue weighted by atomic mass is 19.1. The number of fused-ring (bicyclic) bond motifs is 3. The Hall–Kier alpha value is -2.92. The van der Waals surface area contributed by atoms with Crippen LogP contribution in [0.2, 0.25) is 0 Å². The lowest BCUT2D eigenvalue weighted by molar-refractivity contribution is 0.0828. The molecule has 2 bridgehead atoms. The molecule has 3 aliphatic rings. The Bertz CT molecular complexity index is 1210. The van der Waals surface area contributed by atoms with E-state index in [0.717, 1.165) is 54.5 Å². The van der Waals surface area contributed by atoms with E-state index in [9.17, 15) is 9.18 Å². The van der Waals surface area contributed by atoms with Crippen LogP contribution >= 0.6 is 0 Å². The molecule has 3 aliphatic heterocycles. The van der Waals surface area contributed by atoms with E-state index < -0.39 is 0 Å². The molecule has 3 atom stereocenters. The van der Waals surface area contributed by atoms with Gasteiger partial charge in [-0.05, 0) is 91.6 Å². The number of carbonyl (C=O) groups excluding carboxylic acids is 1. The average molecular weight is 472 g/mol. The summed E-state index contributed by atoms with van der Waals surface area (Å²) in [6, 6.07) is 20.7. The minimum Gasteiger partial charge on any atom is -0.371 e. The van der Waals surface area contributed by atoms with Crippen LogP contribution in [0.4, 0.5) is 10.1 Å². The molecule has 3 aromatic rings. The first-order valence-electron chi connectivity index (χ1n) is 13.2. The van der Waals surface area contributed by atoms with Gasteiger partial charge in [-0.2, -0.15) is 0 Å². The van der Waals surface area contributed by atoms with Crippen molar-refractivity contribution >= 4 is 22.4 Å². The lowest BCUT2D eigenvalue weighted by atomic mass is 9.95. The Morgan fingerprint density at radius 3 is 2.40 bits per heavy atom. The second-order valence-corrected chi connectivity index (χ2v) is 10.6. The summed E-state index contributed by atoms with van der Waals surface area (Å²) in [6.45, 7) is 2.99. The molecule has 1 N–H and O–H groups in total. The Balaban J connectivity index is 1.12. The van der Waals surface area contributed by atoms with Crippen LogP contribution in [0.15, 0.2) is 60.7 Å². The zero-order valence-corrected chi connectivity index (χ0v) is 20.3. The van der Waals surface area contributed by atoms with Crippen molar-refractivity contribution in [2.24, 2.45) is 0 Å². The Labute approximate surface area is 207 Å². The zero-order valence-electron chi connectivity index (χ0n) is 20.3. The van der Waals surface area contributed by atoms with Crippen molar-refractivity contribution in [2.45, 2.75) is 69.6 Å². The summed E-state index contributed by atoms with van der Waals surface area (Å²) in [6.07, 6.45) is 8.09. The highest BCUT2D eigenvalue weighted by Crippen LogP contribution is 2.37. The van der Waals surface area contributed by atoms with Crippen LogP contribution in [0.25, 0.3) is 10.8 Å². The minimum atomic E-state index is -0.189. The van der Waals surface area contributed by atoms with Crippen molar-refractivity contribution in [2.75, 3.05) is 18.0 Å². The summed E-state index contributed by atoms with van der Waals surface area (Å²) in [4.78, 5) is 18.4. The van der Waals surface area contributed by atoms with Gasteiger partial charge in [0.1, 0.15) is 5.82 Å². The molecule has 3 saturated heterocycles. The molecule has 0 spiro atoms. The largest absolute Gasteiger partial charge is 0.371 e. The van der Waals surface area contributed by atoms with Crippen molar-refractivity contribution in [3.63, 3.8) is 0 Å². The number of benzene rings is 3. The molecule has 182 valence electrons. The Morgan fingerprint density at radius 1 is 0.886 bits per heavy atom. The van der Waals surface area contributed by atoms with Gasteiger partial charge in [-0.3, -0.25) is 9.69 Å². The minimum absolute atomic E-state index is 0.0748. The van der Waals surface area contributed by atoms with Crippen LogP contribution in [0.5, 0.6) is 0 Å². The van der Waals surface area contributed by atoms with E-state index in [0.29, 0.717) is 12.1 Å². The number of anilines is 1. The average Bonchev–Trinajstić information content (AvgIpc) is 3.11. The number of nitrogens with zero attached hydrogens (tertiary/aromatic N) is 2. The van der Waals surface area contributed by atoms with Gasteiger partial charge in [-0.25, -0.2) is 4.39 Å². The SMILES string of the molecule is O=C(NC1C[C@H]2CC[C@@H](C1)N2Cc1ccc2cc(F)ccc2c1)c1ccccc1N1CCCCC1. The lowest BCUT2D eigenvalue weighted by Gasteiger charge is -2.39. The van der Waals surface area contributed by atoms with E-state index in [1.54, 1.807) is 6.07 Å². The highest BCUT2D eigenvalue weighted by molar-refractivity contribution is 6.00. The number of rotatable bonds is 5. The van der Waals surface area contributed by atoms with Gasteiger partial charge in [0.05, 0.1) is 5.56 Å². The first-order chi connectivity index (χ1) is 17.1. The van der Waals surface area contributed by atoms with Gasteiger partial charge in [-0.1, -0.05) is 30.3 Å². The molecule has 0 radical (unpaired) electrons. The molecular formula is C30H34FN3O. The third-order valence-corrected chi connectivity index (χ3v) is 8.30. The molecule has 1 unspecified atom stereocenters. The fourth-order valence-electron chi connectivity index (χ4n) is 6.56. The quantitative estimate of drug-likeness (QED) is 0.504. The molecule has 0 aromatic heterocycles. The van der Waals surface area contributed by atoms with E-state index in [4.69, 9.17) is 0 Å².